The van der Waals surface area contributed by atoms with Crippen LogP contribution in [-0.4, -0.2) is 28.6 Å². The fourth-order valence-electron chi connectivity index (χ4n) is 4.26. The van der Waals surface area contributed by atoms with Crippen molar-refractivity contribution in [3.63, 3.8) is 0 Å². The van der Waals surface area contributed by atoms with Crippen LogP contribution in [0.1, 0.15) is 17.5 Å². The number of aromatic nitrogens is 2. The Hall–Kier alpha value is -3.98. The molecule has 0 unspecified atom stereocenters. The number of aromatic amines is 1. The highest BCUT2D eigenvalue weighted by atomic mass is 32.2. The van der Waals surface area contributed by atoms with Gasteiger partial charge in [0.2, 0.25) is 0 Å². The van der Waals surface area contributed by atoms with Crippen molar-refractivity contribution in [3.8, 4) is 33.9 Å². The van der Waals surface area contributed by atoms with E-state index < -0.39 is 11.2 Å². The summed E-state index contributed by atoms with van der Waals surface area (Å²) in [7, 11) is 1.61. The van der Waals surface area contributed by atoms with Crippen molar-refractivity contribution in [1.82, 2.24) is 14.4 Å². The number of hydrogen-bond acceptors (Lipinski definition) is 7. The van der Waals surface area contributed by atoms with Crippen molar-refractivity contribution in [2.75, 3.05) is 13.4 Å². The number of H-pyrrole nitrogens is 1. The summed E-state index contributed by atoms with van der Waals surface area (Å²) < 4.78 is 12.9. The Balaban J connectivity index is 1.75. The fourth-order valence-corrected chi connectivity index (χ4v) is 4.46. The van der Waals surface area contributed by atoms with Gasteiger partial charge in [-0.15, -0.1) is 0 Å². The highest BCUT2D eigenvalue weighted by Gasteiger charge is 2.22. The lowest BCUT2D eigenvalue weighted by Crippen LogP contribution is -2.27. The van der Waals surface area contributed by atoms with E-state index in [1.165, 1.54) is 34.3 Å². The monoisotopic (exact) mass is 474 g/mol. The van der Waals surface area contributed by atoms with Gasteiger partial charge in [-0.2, -0.15) is 5.10 Å². The minimum absolute atomic E-state index is 0.453. The average Bonchev–Trinajstić information content (AvgIpc) is 3.52. The summed E-state index contributed by atoms with van der Waals surface area (Å²) in [6.45, 7) is 0. The maximum Gasteiger partial charge on any atom is 0.332 e. The van der Waals surface area contributed by atoms with E-state index in [1.807, 2.05) is 30.5 Å². The molecule has 2 heterocycles. The van der Waals surface area contributed by atoms with Gasteiger partial charge in [0.1, 0.15) is 11.5 Å². The molecular formula is C25H22N4O4S. The molecule has 0 saturated heterocycles. The summed E-state index contributed by atoms with van der Waals surface area (Å²) in [4.78, 5) is 29.5. The SMILES string of the molecule is COc1c(-c2ccc3c(c2)/C(=N/NSC)CC3)cc(-n2ccc(=O)[nH]c2=O)cc1-c1ccco1. The van der Waals surface area contributed by atoms with Gasteiger partial charge >= 0.3 is 5.69 Å². The van der Waals surface area contributed by atoms with Crippen LogP contribution in [0.5, 0.6) is 5.75 Å². The zero-order valence-corrected chi connectivity index (χ0v) is 19.4. The minimum Gasteiger partial charge on any atom is -0.495 e. The standard InChI is InChI=1S/C25H22N4O4S/c1-32-24-19(16-6-5-15-7-8-21(18(15)12-16)27-28-34-2)13-17(14-20(24)22-4-3-11-33-22)29-10-9-23(30)26-25(29)31/h3-6,9-14,28H,7-8H2,1-2H3,(H,26,30,31)/b27-21+. The van der Waals surface area contributed by atoms with Crippen LogP contribution >= 0.6 is 11.9 Å². The molecule has 5 rings (SSSR count). The van der Waals surface area contributed by atoms with Crippen LogP contribution in [0.15, 0.2) is 80.1 Å². The van der Waals surface area contributed by atoms with Crippen LogP contribution in [0.2, 0.25) is 0 Å². The van der Waals surface area contributed by atoms with Crippen LogP contribution in [0, 0.1) is 0 Å². The van der Waals surface area contributed by atoms with Crippen molar-refractivity contribution in [2.24, 2.45) is 5.10 Å². The van der Waals surface area contributed by atoms with Crippen molar-refractivity contribution < 1.29 is 9.15 Å². The second-order valence-corrected chi connectivity index (χ2v) is 8.35. The van der Waals surface area contributed by atoms with E-state index >= 15 is 0 Å². The lowest BCUT2D eigenvalue weighted by molar-refractivity contribution is 0.416. The Morgan fingerprint density at radius 3 is 2.68 bits per heavy atom. The number of fused-ring (bicyclic) bond motifs is 1. The smallest absolute Gasteiger partial charge is 0.332 e. The number of ether oxygens (including phenoxy) is 1. The van der Waals surface area contributed by atoms with E-state index in [2.05, 4.69) is 27.0 Å². The number of rotatable bonds is 6. The predicted molar refractivity (Wildman–Crippen MR) is 134 cm³/mol. The molecule has 34 heavy (non-hydrogen) atoms. The first-order chi connectivity index (χ1) is 16.6. The second kappa shape index (κ2) is 9.11. The van der Waals surface area contributed by atoms with Gasteiger partial charge < -0.3 is 9.15 Å². The van der Waals surface area contributed by atoms with Crippen LogP contribution in [0.4, 0.5) is 0 Å². The third kappa shape index (κ3) is 3.94. The maximum atomic E-state index is 12.6. The molecule has 172 valence electrons. The first kappa shape index (κ1) is 21.8. The molecule has 9 heteroatoms. The molecule has 0 bridgehead atoms. The topological polar surface area (TPSA) is 102 Å². The van der Waals surface area contributed by atoms with Gasteiger partial charge in [0, 0.05) is 29.6 Å². The normalized spacial score (nSPS) is 13.8. The Morgan fingerprint density at radius 2 is 1.94 bits per heavy atom. The van der Waals surface area contributed by atoms with E-state index in [-0.39, 0.29) is 0 Å². The first-order valence-corrected chi connectivity index (χ1v) is 11.9. The molecule has 0 spiro atoms. The molecule has 1 aliphatic carbocycles. The zero-order valence-electron chi connectivity index (χ0n) is 18.6. The molecule has 2 aromatic carbocycles. The summed E-state index contributed by atoms with van der Waals surface area (Å²) in [5.74, 6) is 1.22. The number of nitrogens with one attached hydrogen (secondary N) is 2. The number of aryl methyl sites for hydroxylation is 1. The molecule has 0 fully saturated rings. The molecule has 0 saturated carbocycles. The number of furan rings is 1. The number of hydrazone groups is 1. The number of benzene rings is 2. The summed E-state index contributed by atoms with van der Waals surface area (Å²) >= 11 is 1.45. The molecule has 2 aromatic heterocycles. The second-order valence-electron chi connectivity index (χ2n) is 7.76. The highest BCUT2D eigenvalue weighted by Crippen LogP contribution is 2.42. The predicted octanol–water partition coefficient (Wildman–Crippen LogP) is 3.98. The molecule has 0 radical (unpaired) electrons. The van der Waals surface area contributed by atoms with E-state index in [0.29, 0.717) is 22.8 Å². The van der Waals surface area contributed by atoms with Crippen molar-refractivity contribution >= 4 is 17.7 Å². The van der Waals surface area contributed by atoms with Gasteiger partial charge in [0.15, 0.2) is 0 Å². The average molecular weight is 475 g/mol. The van der Waals surface area contributed by atoms with E-state index in [4.69, 9.17) is 9.15 Å². The summed E-state index contributed by atoms with van der Waals surface area (Å²) in [5.41, 5.74) is 5.32. The third-order valence-electron chi connectivity index (χ3n) is 5.80. The lowest BCUT2D eigenvalue weighted by atomic mass is 9.96. The van der Waals surface area contributed by atoms with Gasteiger partial charge in [-0.1, -0.05) is 12.1 Å². The minimum atomic E-state index is -0.527. The highest BCUT2D eigenvalue weighted by molar-refractivity contribution is 7.96. The largest absolute Gasteiger partial charge is 0.495 e. The molecule has 4 aromatic rings. The van der Waals surface area contributed by atoms with E-state index in [9.17, 15) is 9.59 Å². The quantitative estimate of drug-likeness (QED) is 0.324. The molecule has 8 nitrogen and oxygen atoms in total. The Morgan fingerprint density at radius 1 is 1.09 bits per heavy atom. The van der Waals surface area contributed by atoms with E-state index in [0.717, 1.165) is 35.2 Å². The maximum absolute atomic E-state index is 12.6. The van der Waals surface area contributed by atoms with Gasteiger partial charge in [-0.25, -0.2) is 4.79 Å². The van der Waals surface area contributed by atoms with Crippen LogP contribution < -0.4 is 20.8 Å². The Bertz CT molecular complexity index is 1500. The molecule has 0 atom stereocenters. The number of nitrogens with zero attached hydrogens (tertiary/aromatic N) is 2. The van der Waals surface area contributed by atoms with Gasteiger partial charge in [0.05, 0.1) is 30.3 Å². The fraction of sp³-hybridized carbons (Fsp3) is 0.160. The van der Waals surface area contributed by atoms with Crippen molar-refractivity contribution in [1.29, 1.82) is 0 Å². The van der Waals surface area contributed by atoms with E-state index in [1.54, 1.807) is 19.4 Å². The van der Waals surface area contributed by atoms with Crippen molar-refractivity contribution in [2.45, 2.75) is 12.8 Å². The summed E-state index contributed by atoms with van der Waals surface area (Å²) in [6, 6.07) is 14.9. The van der Waals surface area contributed by atoms with Gasteiger partial charge in [0.25, 0.3) is 5.56 Å². The van der Waals surface area contributed by atoms with Gasteiger partial charge in [-0.05, 0) is 66.2 Å². The van der Waals surface area contributed by atoms with Crippen molar-refractivity contribution in [3.05, 3.63) is 93.0 Å². The Kier molecular flexibility index (Phi) is 5.85. The first-order valence-electron chi connectivity index (χ1n) is 10.7. The Labute approximate surface area is 199 Å². The van der Waals surface area contributed by atoms with Crippen LogP contribution in [0.25, 0.3) is 28.1 Å². The molecule has 2 N–H and O–H groups in total. The molecular weight excluding hydrogens is 452 g/mol. The zero-order chi connectivity index (χ0) is 23.7. The molecule has 1 aliphatic rings. The van der Waals surface area contributed by atoms with Gasteiger partial charge in [-0.3, -0.25) is 19.2 Å². The van der Waals surface area contributed by atoms with Crippen LogP contribution in [-0.2, 0) is 6.42 Å². The third-order valence-corrected chi connectivity index (χ3v) is 6.08. The number of methoxy groups -OCH3 is 1. The molecule has 0 aliphatic heterocycles. The summed E-state index contributed by atoms with van der Waals surface area (Å²) in [5, 5.41) is 4.51. The summed E-state index contributed by atoms with van der Waals surface area (Å²) in [6.07, 6.45) is 6.78. The lowest BCUT2D eigenvalue weighted by Gasteiger charge is -2.17. The van der Waals surface area contributed by atoms with Crippen LogP contribution in [0.3, 0.4) is 0 Å². The molecule has 0 amide bonds. The number of hydrogen-bond donors (Lipinski definition) is 2.